The quantitative estimate of drug-likeness (QED) is 0.866. The predicted molar refractivity (Wildman–Crippen MR) is 80.5 cm³/mol. The van der Waals surface area contributed by atoms with Gasteiger partial charge in [0.15, 0.2) is 0 Å². The topological polar surface area (TPSA) is 55.6 Å². The Morgan fingerprint density at radius 2 is 1.75 bits per heavy atom. The maximum absolute atomic E-state index is 12.1. The van der Waals surface area contributed by atoms with Gasteiger partial charge in [0.25, 0.3) is 0 Å². The maximum atomic E-state index is 12.1. The number of hydrogen-bond donors (Lipinski definition) is 1. The van der Waals surface area contributed by atoms with Gasteiger partial charge in [-0.2, -0.15) is 0 Å². The lowest BCUT2D eigenvalue weighted by molar-refractivity contribution is 0.159. The van der Waals surface area contributed by atoms with Crippen molar-refractivity contribution in [3.05, 3.63) is 60.2 Å². The van der Waals surface area contributed by atoms with E-state index in [1.165, 1.54) is 0 Å². The maximum Gasteiger partial charge on any atom is 0.414 e. The number of hydrogen-bond acceptors (Lipinski definition) is 3. The highest BCUT2D eigenvalue weighted by atomic mass is 16.6. The molecule has 0 unspecified atom stereocenters. The molecule has 0 bridgehead atoms. The number of nitrogen functional groups attached to an aromatic ring is 1. The van der Waals surface area contributed by atoms with Crippen LogP contribution in [0.3, 0.4) is 0 Å². The SMILES string of the molecule is CCOC(=O)N(Cc1ccccc1)c1ccc(N)cc1. The second-order valence-electron chi connectivity index (χ2n) is 4.36. The van der Waals surface area contributed by atoms with Crippen LogP contribution in [0.15, 0.2) is 54.6 Å². The molecule has 0 aliphatic carbocycles. The Morgan fingerprint density at radius 3 is 2.35 bits per heavy atom. The Kier molecular flexibility index (Phi) is 4.60. The summed E-state index contributed by atoms with van der Waals surface area (Å²) in [6.07, 6.45) is -0.360. The fourth-order valence-corrected chi connectivity index (χ4v) is 1.88. The van der Waals surface area contributed by atoms with Gasteiger partial charge in [-0.25, -0.2) is 4.79 Å². The molecule has 2 rings (SSSR count). The van der Waals surface area contributed by atoms with Crippen LogP contribution >= 0.6 is 0 Å². The lowest BCUT2D eigenvalue weighted by Gasteiger charge is -2.22. The Balaban J connectivity index is 2.25. The first-order chi connectivity index (χ1) is 9.70. The number of benzene rings is 2. The molecule has 0 aromatic heterocycles. The molecular formula is C16H18N2O2. The monoisotopic (exact) mass is 270 g/mol. The zero-order chi connectivity index (χ0) is 14.4. The highest BCUT2D eigenvalue weighted by Gasteiger charge is 2.17. The second kappa shape index (κ2) is 6.61. The van der Waals surface area contributed by atoms with Gasteiger partial charge in [0.05, 0.1) is 13.2 Å². The van der Waals surface area contributed by atoms with Crippen molar-refractivity contribution in [2.75, 3.05) is 17.2 Å². The molecule has 2 aromatic rings. The van der Waals surface area contributed by atoms with Crippen molar-refractivity contribution in [1.82, 2.24) is 0 Å². The largest absolute Gasteiger partial charge is 0.449 e. The number of carbonyl (C=O) groups excluding carboxylic acids is 1. The van der Waals surface area contributed by atoms with E-state index in [1.807, 2.05) is 42.5 Å². The fraction of sp³-hybridized carbons (Fsp3) is 0.188. The van der Waals surface area contributed by atoms with Gasteiger partial charge in [0.1, 0.15) is 0 Å². The molecule has 0 aliphatic heterocycles. The van der Waals surface area contributed by atoms with Gasteiger partial charge in [-0.3, -0.25) is 4.90 Å². The Labute approximate surface area is 118 Å². The number of nitrogens with zero attached hydrogens (tertiary/aromatic N) is 1. The summed E-state index contributed by atoms with van der Waals surface area (Å²) in [6.45, 7) is 2.60. The van der Waals surface area contributed by atoms with Gasteiger partial charge in [0.2, 0.25) is 0 Å². The van der Waals surface area contributed by atoms with Crippen LogP contribution in [0.5, 0.6) is 0 Å². The Morgan fingerprint density at radius 1 is 1.10 bits per heavy atom. The third kappa shape index (κ3) is 3.51. The fourth-order valence-electron chi connectivity index (χ4n) is 1.88. The van der Waals surface area contributed by atoms with Crippen LogP contribution in [0.2, 0.25) is 0 Å². The highest BCUT2D eigenvalue weighted by molar-refractivity contribution is 5.87. The minimum Gasteiger partial charge on any atom is -0.449 e. The molecule has 1 amide bonds. The van der Waals surface area contributed by atoms with E-state index >= 15 is 0 Å². The molecule has 0 radical (unpaired) electrons. The highest BCUT2D eigenvalue weighted by Crippen LogP contribution is 2.20. The number of carbonyl (C=O) groups is 1. The number of rotatable bonds is 4. The van der Waals surface area contributed by atoms with Crippen molar-refractivity contribution in [1.29, 1.82) is 0 Å². The Hall–Kier alpha value is -2.49. The first-order valence-electron chi connectivity index (χ1n) is 6.54. The summed E-state index contributed by atoms with van der Waals surface area (Å²) in [6, 6.07) is 17.0. The molecule has 104 valence electrons. The molecule has 0 fully saturated rings. The van der Waals surface area contributed by atoms with E-state index in [2.05, 4.69) is 0 Å². The first kappa shape index (κ1) is 13.9. The second-order valence-corrected chi connectivity index (χ2v) is 4.36. The number of nitrogens with two attached hydrogens (primary N) is 1. The third-order valence-electron chi connectivity index (χ3n) is 2.88. The van der Waals surface area contributed by atoms with Crippen LogP contribution < -0.4 is 10.6 Å². The van der Waals surface area contributed by atoms with E-state index < -0.39 is 0 Å². The van der Waals surface area contributed by atoms with E-state index in [4.69, 9.17) is 10.5 Å². The van der Waals surface area contributed by atoms with Gasteiger partial charge in [0, 0.05) is 11.4 Å². The van der Waals surface area contributed by atoms with E-state index in [9.17, 15) is 4.79 Å². The summed E-state index contributed by atoms with van der Waals surface area (Å²) in [4.78, 5) is 13.7. The van der Waals surface area contributed by atoms with E-state index in [0.29, 0.717) is 18.8 Å². The van der Waals surface area contributed by atoms with Crippen molar-refractivity contribution in [3.8, 4) is 0 Å². The van der Waals surface area contributed by atoms with Crippen LogP contribution in [0, 0.1) is 0 Å². The molecule has 0 saturated heterocycles. The van der Waals surface area contributed by atoms with Crippen LogP contribution in [0.4, 0.5) is 16.2 Å². The van der Waals surface area contributed by atoms with Crippen LogP contribution in [0.1, 0.15) is 12.5 Å². The van der Waals surface area contributed by atoms with Crippen molar-refractivity contribution < 1.29 is 9.53 Å². The van der Waals surface area contributed by atoms with Crippen molar-refractivity contribution in [2.45, 2.75) is 13.5 Å². The van der Waals surface area contributed by atoms with Crippen LogP contribution in [0.25, 0.3) is 0 Å². The summed E-state index contributed by atoms with van der Waals surface area (Å²) in [7, 11) is 0. The molecule has 0 aliphatic rings. The summed E-state index contributed by atoms with van der Waals surface area (Å²) in [5.41, 5.74) is 8.15. The first-order valence-corrected chi connectivity index (χ1v) is 6.54. The molecule has 4 nitrogen and oxygen atoms in total. The van der Waals surface area contributed by atoms with E-state index in [-0.39, 0.29) is 6.09 Å². The van der Waals surface area contributed by atoms with Gasteiger partial charge >= 0.3 is 6.09 Å². The number of amides is 1. The minimum absolute atomic E-state index is 0.346. The summed E-state index contributed by atoms with van der Waals surface area (Å²) < 4.78 is 5.12. The molecule has 0 atom stereocenters. The molecule has 0 spiro atoms. The van der Waals surface area contributed by atoms with E-state index in [1.54, 1.807) is 24.0 Å². The molecule has 2 N–H and O–H groups in total. The molecule has 2 aromatic carbocycles. The molecule has 4 heteroatoms. The van der Waals surface area contributed by atoms with Crippen molar-refractivity contribution in [3.63, 3.8) is 0 Å². The molecule has 0 heterocycles. The number of ether oxygens (including phenoxy) is 1. The molecular weight excluding hydrogens is 252 g/mol. The summed E-state index contributed by atoms with van der Waals surface area (Å²) >= 11 is 0. The standard InChI is InChI=1S/C16H18N2O2/c1-2-20-16(19)18(12-13-6-4-3-5-7-13)15-10-8-14(17)9-11-15/h3-11H,2,12,17H2,1H3. The van der Waals surface area contributed by atoms with Crippen molar-refractivity contribution in [2.24, 2.45) is 0 Å². The van der Waals surface area contributed by atoms with Gasteiger partial charge in [-0.1, -0.05) is 30.3 Å². The lowest BCUT2D eigenvalue weighted by atomic mass is 10.2. The van der Waals surface area contributed by atoms with Gasteiger partial charge < -0.3 is 10.5 Å². The molecule has 0 saturated carbocycles. The van der Waals surface area contributed by atoms with Crippen molar-refractivity contribution >= 4 is 17.5 Å². The minimum atomic E-state index is -0.360. The smallest absolute Gasteiger partial charge is 0.414 e. The van der Waals surface area contributed by atoms with Crippen LogP contribution in [-0.4, -0.2) is 12.7 Å². The summed E-state index contributed by atoms with van der Waals surface area (Å²) in [5, 5.41) is 0. The molecule has 20 heavy (non-hydrogen) atoms. The zero-order valence-electron chi connectivity index (χ0n) is 11.5. The number of anilines is 2. The predicted octanol–water partition coefficient (Wildman–Crippen LogP) is 3.43. The summed E-state index contributed by atoms with van der Waals surface area (Å²) in [5.74, 6) is 0. The van der Waals surface area contributed by atoms with Gasteiger partial charge in [-0.05, 0) is 36.8 Å². The average Bonchev–Trinajstić information content (AvgIpc) is 2.47. The lowest BCUT2D eigenvalue weighted by Crippen LogP contribution is -2.31. The zero-order valence-corrected chi connectivity index (χ0v) is 11.5. The Bertz CT molecular complexity index is 552. The third-order valence-corrected chi connectivity index (χ3v) is 2.88. The normalized spacial score (nSPS) is 10.1. The van der Waals surface area contributed by atoms with E-state index in [0.717, 1.165) is 11.3 Å². The van der Waals surface area contributed by atoms with Gasteiger partial charge in [-0.15, -0.1) is 0 Å². The van der Waals surface area contributed by atoms with Crippen LogP contribution in [-0.2, 0) is 11.3 Å². The average molecular weight is 270 g/mol.